The van der Waals surface area contributed by atoms with Crippen LogP contribution in [0.15, 0.2) is 107 Å². The van der Waals surface area contributed by atoms with Crippen LogP contribution in [-0.4, -0.2) is 28.0 Å². The third-order valence-electron chi connectivity index (χ3n) is 5.09. The van der Waals surface area contributed by atoms with Crippen LogP contribution in [0.1, 0.15) is 5.56 Å². The zero-order valence-corrected chi connectivity index (χ0v) is 17.8. The van der Waals surface area contributed by atoms with E-state index in [0.29, 0.717) is 18.1 Å². The van der Waals surface area contributed by atoms with E-state index in [1.165, 1.54) is 10.7 Å². The molecular weight excluding hydrogens is 422 g/mol. The summed E-state index contributed by atoms with van der Waals surface area (Å²) in [6.07, 6.45) is 5.03. The van der Waals surface area contributed by atoms with Gasteiger partial charge in [0.1, 0.15) is 0 Å². The van der Waals surface area contributed by atoms with Gasteiger partial charge in [-0.1, -0.05) is 42.5 Å². The molecule has 3 heterocycles. The van der Waals surface area contributed by atoms with E-state index in [9.17, 15) is 8.42 Å². The van der Waals surface area contributed by atoms with Gasteiger partial charge in [-0.05, 0) is 53.1 Å². The van der Waals surface area contributed by atoms with E-state index in [-0.39, 0.29) is 9.79 Å². The van der Waals surface area contributed by atoms with E-state index in [1.54, 1.807) is 54.9 Å². The molecule has 2 aromatic carbocycles. The molecule has 0 atom stereocenters. The normalized spacial score (nSPS) is 11.5. The van der Waals surface area contributed by atoms with Gasteiger partial charge in [-0.2, -0.15) is 4.98 Å². The molecule has 0 unspecified atom stereocenters. The number of hydrogen-bond donors (Lipinski definition) is 1. The molecule has 0 bridgehead atoms. The second-order valence-corrected chi connectivity index (χ2v) is 9.16. The first-order chi connectivity index (χ1) is 15.6. The Morgan fingerprint density at radius 2 is 1.50 bits per heavy atom. The van der Waals surface area contributed by atoms with Crippen LogP contribution in [0.5, 0.6) is 0 Å². The lowest BCUT2D eigenvalue weighted by atomic mass is 10.1. The predicted octanol–water partition coefficient (Wildman–Crippen LogP) is 4.24. The molecule has 5 aromatic rings. The largest absolute Gasteiger partial charge is 0.349 e. The minimum absolute atomic E-state index is 0.166. The Balaban J connectivity index is 1.32. The van der Waals surface area contributed by atoms with Gasteiger partial charge in [0.2, 0.25) is 15.8 Å². The van der Waals surface area contributed by atoms with E-state index >= 15 is 0 Å². The molecule has 1 N–H and O–H groups in total. The summed E-state index contributed by atoms with van der Waals surface area (Å²) in [4.78, 5) is 8.88. The van der Waals surface area contributed by atoms with Crippen LogP contribution < -0.4 is 5.32 Å². The Kier molecular flexibility index (Phi) is 5.12. The van der Waals surface area contributed by atoms with Crippen LogP contribution in [0.3, 0.4) is 0 Å². The second-order valence-electron chi connectivity index (χ2n) is 7.21. The number of sulfone groups is 1. The van der Waals surface area contributed by atoms with Crippen LogP contribution in [0.2, 0.25) is 0 Å². The summed E-state index contributed by atoms with van der Waals surface area (Å²) in [6, 6.07) is 23.7. The molecule has 0 amide bonds. The maximum Gasteiger partial charge on any atom is 0.243 e. The quantitative estimate of drug-likeness (QED) is 0.424. The van der Waals surface area contributed by atoms with Crippen molar-refractivity contribution in [1.29, 1.82) is 0 Å². The van der Waals surface area contributed by atoms with Gasteiger partial charge in [0.25, 0.3) is 0 Å². The minimum atomic E-state index is -3.62. The number of aromatic nitrogens is 4. The molecule has 7 nitrogen and oxygen atoms in total. The highest BCUT2D eigenvalue weighted by Gasteiger charge is 2.18. The molecule has 0 aliphatic heterocycles. The van der Waals surface area contributed by atoms with Crippen LogP contribution in [0.25, 0.3) is 16.8 Å². The average molecular weight is 442 g/mol. The number of pyridine rings is 2. The third kappa shape index (κ3) is 3.95. The Morgan fingerprint density at radius 3 is 2.25 bits per heavy atom. The van der Waals surface area contributed by atoms with E-state index in [2.05, 4.69) is 32.5 Å². The summed E-state index contributed by atoms with van der Waals surface area (Å²) in [5, 5.41) is 7.58. The van der Waals surface area contributed by atoms with Gasteiger partial charge >= 0.3 is 0 Å². The van der Waals surface area contributed by atoms with Gasteiger partial charge in [0.15, 0.2) is 5.65 Å². The topological polar surface area (TPSA) is 89.2 Å². The van der Waals surface area contributed by atoms with Gasteiger partial charge in [-0.25, -0.2) is 12.9 Å². The molecule has 0 aliphatic carbocycles. The van der Waals surface area contributed by atoms with Gasteiger partial charge in [-0.15, -0.1) is 5.10 Å². The summed E-state index contributed by atoms with van der Waals surface area (Å²) in [5.74, 6) is 0.428. The number of benzene rings is 2. The molecule has 32 heavy (non-hydrogen) atoms. The summed E-state index contributed by atoms with van der Waals surface area (Å²) >= 11 is 0. The van der Waals surface area contributed by atoms with Crippen molar-refractivity contribution in [1.82, 2.24) is 19.6 Å². The zero-order chi connectivity index (χ0) is 22.0. The minimum Gasteiger partial charge on any atom is -0.349 e. The van der Waals surface area contributed by atoms with Crippen LogP contribution >= 0.6 is 0 Å². The van der Waals surface area contributed by atoms with Crippen molar-refractivity contribution in [2.24, 2.45) is 0 Å². The number of fused-ring (bicyclic) bond motifs is 1. The summed E-state index contributed by atoms with van der Waals surface area (Å²) in [7, 11) is -3.62. The predicted molar refractivity (Wildman–Crippen MR) is 122 cm³/mol. The molecule has 0 fully saturated rings. The van der Waals surface area contributed by atoms with E-state index in [0.717, 1.165) is 16.7 Å². The molecule has 0 spiro atoms. The van der Waals surface area contributed by atoms with Crippen molar-refractivity contribution < 1.29 is 8.42 Å². The van der Waals surface area contributed by atoms with Crippen molar-refractivity contribution in [2.75, 3.05) is 5.32 Å². The SMILES string of the molecule is O=S(=O)(c1ccccc1)c1ccc2nc(NCc3ccc(-c4ccncc4)cc3)nn2c1. The van der Waals surface area contributed by atoms with Crippen LogP contribution in [0.4, 0.5) is 5.95 Å². The fourth-order valence-corrected chi connectivity index (χ4v) is 4.65. The van der Waals surface area contributed by atoms with Crippen molar-refractivity contribution in [3.8, 4) is 11.1 Å². The monoisotopic (exact) mass is 441 g/mol. The maximum absolute atomic E-state index is 12.8. The first-order valence-electron chi connectivity index (χ1n) is 9.99. The lowest BCUT2D eigenvalue weighted by Gasteiger charge is -2.05. The number of nitrogens with one attached hydrogen (secondary N) is 1. The average Bonchev–Trinajstić information content (AvgIpc) is 3.26. The van der Waals surface area contributed by atoms with Crippen molar-refractivity contribution in [3.63, 3.8) is 0 Å². The van der Waals surface area contributed by atoms with Crippen molar-refractivity contribution >= 4 is 21.4 Å². The first-order valence-corrected chi connectivity index (χ1v) is 11.5. The Labute approximate surface area is 185 Å². The molecule has 0 aliphatic rings. The summed E-state index contributed by atoms with van der Waals surface area (Å²) < 4.78 is 27.2. The molecule has 0 saturated carbocycles. The molecule has 0 radical (unpaired) electrons. The smallest absolute Gasteiger partial charge is 0.243 e. The lowest BCUT2D eigenvalue weighted by molar-refractivity contribution is 0.595. The molecular formula is C24H19N5O2S. The fraction of sp³-hybridized carbons (Fsp3) is 0.0417. The highest BCUT2D eigenvalue weighted by molar-refractivity contribution is 7.91. The molecule has 8 heteroatoms. The Morgan fingerprint density at radius 1 is 0.781 bits per heavy atom. The van der Waals surface area contributed by atoms with Gasteiger partial charge in [0.05, 0.1) is 16.0 Å². The second kappa shape index (κ2) is 8.24. The molecule has 158 valence electrons. The van der Waals surface area contributed by atoms with Crippen molar-refractivity contribution in [3.05, 3.63) is 103 Å². The number of rotatable bonds is 6. The Hall–Kier alpha value is -4.04. The number of hydrogen-bond acceptors (Lipinski definition) is 6. The van der Waals surface area contributed by atoms with Gasteiger partial charge in [0, 0.05) is 18.9 Å². The zero-order valence-electron chi connectivity index (χ0n) is 17.0. The van der Waals surface area contributed by atoms with E-state index in [4.69, 9.17) is 0 Å². The lowest BCUT2D eigenvalue weighted by Crippen LogP contribution is -2.04. The molecule has 5 rings (SSSR count). The third-order valence-corrected chi connectivity index (χ3v) is 6.84. The van der Waals surface area contributed by atoms with E-state index in [1.807, 2.05) is 24.3 Å². The summed E-state index contributed by atoms with van der Waals surface area (Å²) in [6.45, 7) is 0.544. The number of anilines is 1. The maximum atomic E-state index is 12.8. The van der Waals surface area contributed by atoms with Gasteiger partial charge in [-0.3, -0.25) is 4.98 Å². The van der Waals surface area contributed by atoms with Crippen LogP contribution in [0, 0.1) is 0 Å². The van der Waals surface area contributed by atoms with E-state index < -0.39 is 9.84 Å². The van der Waals surface area contributed by atoms with Crippen molar-refractivity contribution in [2.45, 2.75) is 16.3 Å². The fourth-order valence-electron chi connectivity index (χ4n) is 3.37. The first kappa shape index (κ1) is 19.9. The highest BCUT2D eigenvalue weighted by Crippen LogP contribution is 2.22. The van der Waals surface area contributed by atoms with Gasteiger partial charge < -0.3 is 5.32 Å². The highest BCUT2D eigenvalue weighted by atomic mass is 32.2. The standard InChI is InChI=1S/C24H19N5O2S/c30-32(31,21-4-2-1-3-5-21)22-10-11-23-27-24(28-29(23)17-22)26-16-18-6-8-19(9-7-18)20-12-14-25-15-13-20/h1-15,17H,16H2,(H,26,28). The summed E-state index contributed by atoms with van der Waals surface area (Å²) in [5.41, 5.74) is 3.87. The number of nitrogens with zero attached hydrogens (tertiary/aromatic N) is 4. The molecule has 3 aromatic heterocycles. The van der Waals surface area contributed by atoms with Crippen LogP contribution in [-0.2, 0) is 16.4 Å². The molecule has 0 saturated heterocycles. The Bertz CT molecular complexity index is 1470.